The molecule has 0 aliphatic carbocycles. The van der Waals surface area contributed by atoms with Crippen LogP contribution in [0.5, 0.6) is 0 Å². The fourth-order valence-corrected chi connectivity index (χ4v) is 4.39. The van der Waals surface area contributed by atoms with Crippen LogP contribution in [0.1, 0.15) is 5.56 Å². The van der Waals surface area contributed by atoms with E-state index >= 15 is 0 Å². The minimum atomic E-state index is 0.665. The van der Waals surface area contributed by atoms with E-state index in [0.717, 1.165) is 25.4 Å². The van der Waals surface area contributed by atoms with Crippen molar-refractivity contribution in [3.05, 3.63) is 40.9 Å². The Morgan fingerprint density at radius 2 is 1.95 bits per heavy atom. The van der Waals surface area contributed by atoms with Gasteiger partial charge in [-0.2, -0.15) is 5.26 Å². The van der Waals surface area contributed by atoms with Gasteiger partial charge in [-0.05, 0) is 30.3 Å². The third-order valence-electron chi connectivity index (χ3n) is 3.02. The Labute approximate surface area is 130 Å². The van der Waals surface area contributed by atoms with Gasteiger partial charge in [0.2, 0.25) is 0 Å². The Morgan fingerprint density at radius 1 is 1.15 bits per heavy atom. The Bertz CT molecular complexity index is 824. The van der Waals surface area contributed by atoms with E-state index in [1.54, 1.807) is 22.7 Å². The van der Waals surface area contributed by atoms with Gasteiger partial charge >= 0.3 is 0 Å². The molecule has 2 aromatic heterocycles. The van der Waals surface area contributed by atoms with E-state index < -0.39 is 0 Å². The molecular weight excluding hydrogens is 308 g/mol. The SMILES string of the molecule is CN(C)c1ccc(-c2sc3ccc(Cl)cc3c2C#N)s1. The molecule has 0 atom stereocenters. The molecule has 0 radical (unpaired) electrons. The largest absolute Gasteiger partial charge is 0.370 e. The quantitative estimate of drug-likeness (QED) is 0.647. The minimum Gasteiger partial charge on any atom is -0.370 e. The van der Waals surface area contributed by atoms with Gasteiger partial charge in [-0.1, -0.05) is 11.6 Å². The first-order valence-corrected chi connectivity index (χ1v) is 8.01. The van der Waals surface area contributed by atoms with Crippen LogP contribution in [0.15, 0.2) is 30.3 Å². The number of nitriles is 1. The van der Waals surface area contributed by atoms with Crippen molar-refractivity contribution in [3.8, 4) is 15.8 Å². The van der Waals surface area contributed by atoms with Crippen molar-refractivity contribution < 1.29 is 0 Å². The van der Waals surface area contributed by atoms with E-state index in [1.807, 2.05) is 32.3 Å². The lowest BCUT2D eigenvalue weighted by Gasteiger charge is -2.07. The summed E-state index contributed by atoms with van der Waals surface area (Å²) in [5.74, 6) is 0. The van der Waals surface area contributed by atoms with E-state index in [4.69, 9.17) is 11.6 Å². The zero-order chi connectivity index (χ0) is 14.3. The molecular formula is C15H11ClN2S2. The van der Waals surface area contributed by atoms with Crippen molar-refractivity contribution in [2.24, 2.45) is 0 Å². The Morgan fingerprint density at radius 3 is 2.60 bits per heavy atom. The van der Waals surface area contributed by atoms with Crippen LogP contribution < -0.4 is 4.90 Å². The maximum atomic E-state index is 9.48. The van der Waals surface area contributed by atoms with Gasteiger partial charge in [0.25, 0.3) is 0 Å². The van der Waals surface area contributed by atoms with Crippen molar-refractivity contribution in [1.82, 2.24) is 0 Å². The third kappa shape index (κ3) is 2.18. The lowest BCUT2D eigenvalue weighted by Crippen LogP contribution is -2.05. The van der Waals surface area contributed by atoms with E-state index in [1.165, 1.54) is 5.00 Å². The van der Waals surface area contributed by atoms with Crippen molar-refractivity contribution in [2.45, 2.75) is 0 Å². The number of hydrogen-bond donors (Lipinski definition) is 0. The molecule has 0 unspecified atom stereocenters. The smallest absolute Gasteiger partial charge is 0.101 e. The van der Waals surface area contributed by atoms with Gasteiger partial charge in [0.15, 0.2) is 0 Å². The van der Waals surface area contributed by atoms with Gasteiger partial charge in [0, 0.05) is 34.1 Å². The standard InChI is InChI=1S/C15H11ClN2S2/c1-18(2)14-6-5-13(19-14)15-11(8-17)10-7-9(16)3-4-12(10)20-15/h3-7H,1-2H3. The van der Waals surface area contributed by atoms with Crippen LogP contribution in [0.4, 0.5) is 5.00 Å². The summed E-state index contributed by atoms with van der Waals surface area (Å²) in [6, 6.07) is 12.2. The van der Waals surface area contributed by atoms with Crippen LogP contribution in [-0.2, 0) is 0 Å². The second kappa shape index (κ2) is 5.10. The maximum absolute atomic E-state index is 9.48. The molecule has 0 amide bonds. The van der Waals surface area contributed by atoms with Crippen LogP contribution >= 0.6 is 34.3 Å². The molecule has 0 aliphatic rings. The zero-order valence-electron chi connectivity index (χ0n) is 11.0. The van der Waals surface area contributed by atoms with Gasteiger partial charge in [0.05, 0.1) is 15.4 Å². The van der Waals surface area contributed by atoms with Crippen LogP contribution in [-0.4, -0.2) is 14.1 Å². The molecule has 0 fully saturated rings. The summed E-state index contributed by atoms with van der Waals surface area (Å²) in [4.78, 5) is 4.23. The number of halogens is 1. The number of anilines is 1. The monoisotopic (exact) mass is 318 g/mol. The summed E-state index contributed by atoms with van der Waals surface area (Å²) in [7, 11) is 4.04. The molecule has 2 heterocycles. The summed E-state index contributed by atoms with van der Waals surface area (Å²) in [5, 5.41) is 12.3. The van der Waals surface area contributed by atoms with Gasteiger partial charge in [-0.3, -0.25) is 0 Å². The highest BCUT2D eigenvalue weighted by Crippen LogP contribution is 2.43. The average Bonchev–Trinajstić information content (AvgIpc) is 3.01. The number of hydrogen-bond acceptors (Lipinski definition) is 4. The van der Waals surface area contributed by atoms with Crippen molar-refractivity contribution in [2.75, 3.05) is 19.0 Å². The number of nitrogens with zero attached hydrogens (tertiary/aromatic N) is 2. The average molecular weight is 319 g/mol. The second-order valence-electron chi connectivity index (χ2n) is 4.59. The molecule has 20 heavy (non-hydrogen) atoms. The van der Waals surface area contributed by atoms with Gasteiger partial charge in [-0.25, -0.2) is 0 Å². The highest BCUT2D eigenvalue weighted by Gasteiger charge is 2.16. The second-order valence-corrected chi connectivity index (χ2v) is 7.14. The van der Waals surface area contributed by atoms with Crippen molar-refractivity contribution >= 4 is 49.4 Å². The first kappa shape index (κ1) is 13.4. The number of thiophene rings is 2. The summed E-state index contributed by atoms with van der Waals surface area (Å²) in [6.45, 7) is 0. The maximum Gasteiger partial charge on any atom is 0.101 e. The normalized spacial score (nSPS) is 10.7. The molecule has 0 N–H and O–H groups in total. The van der Waals surface area contributed by atoms with Crippen molar-refractivity contribution in [1.29, 1.82) is 5.26 Å². The lowest BCUT2D eigenvalue weighted by molar-refractivity contribution is 1.16. The molecule has 100 valence electrons. The van der Waals surface area contributed by atoms with Crippen LogP contribution in [0.3, 0.4) is 0 Å². The van der Waals surface area contributed by atoms with Crippen LogP contribution in [0.25, 0.3) is 19.8 Å². The molecule has 3 aromatic rings. The molecule has 3 rings (SSSR count). The minimum absolute atomic E-state index is 0.665. The van der Waals surface area contributed by atoms with Crippen LogP contribution in [0.2, 0.25) is 5.02 Å². The Balaban J connectivity index is 2.22. The fraction of sp³-hybridized carbons (Fsp3) is 0.133. The van der Waals surface area contributed by atoms with Gasteiger partial charge < -0.3 is 4.90 Å². The predicted molar refractivity (Wildman–Crippen MR) is 89.2 cm³/mol. The van der Waals surface area contributed by atoms with E-state index in [-0.39, 0.29) is 0 Å². The molecule has 0 spiro atoms. The zero-order valence-corrected chi connectivity index (χ0v) is 13.4. The Hall–Kier alpha value is -1.54. The highest BCUT2D eigenvalue weighted by molar-refractivity contribution is 7.27. The molecule has 0 saturated carbocycles. The first-order valence-electron chi connectivity index (χ1n) is 6.00. The fourth-order valence-electron chi connectivity index (χ4n) is 2.04. The topological polar surface area (TPSA) is 27.0 Å². The molecule has 2 nitrogen and oxygen atoms in total. The molecule has 5 heteroatoms. The highest BCUT2D eigenvalue weighted by atomic mass is 35.5. The number of benzene rings is 1. The third-order valence-corrected chi connectivity index (χ3v) is 5.86. The van der Waals surface area contributed by atoms with Crippen LogP contribution in [0, 0.1) is 11.3 Å². The summed E-state index contributed by atoms with van der Waals surface area (Å²) < 4.78 is 1.10. The lowest BCUT2D eigenvalue weighted by atomic mass is 10.1. The molecule has 0 bridgehead atoms. The summed E-state index contributed by atoms with van der Waals surface area (Å²) >= 11 is 9.38. The summed E-state index contributed by atoms with van der Waals surface area (Å²) in [6.07, 6.45) is 0. The molecule has 0 aliphatic heterocycles. The van der Waals surface area contributed by atoms with Gasteiger partial charge in [-0.15, -0.1) is 22.7 Å². The predicted octanol–water partition coefficient (Wildman–Crippen LogP) is 5.22. The summed E-state index contributed by atoms with van der Waals surface area (Å²) in [5.41, 5.74) is 0.722. The number of rotatable bonds is 2. The Kier molecular flexibility index (Phi) is 3.43. The molecule has 1 aromatic carbocycles. The number of fused-ring (bicyclic) bond motifs is 1. The van der Waals surface area contributed by atoms with Gasteiger partial charge in [0.1, 0.15) is 6.07 Å². The first-order chi connectivity index (χ1) is 9.60. The van der Waals surface area contributed by atoms with E-state index in [0.29, 0.717) is 5.02 Å². The van der Waals surface area contributed by atoms with E-state index in [9.17, 15) is 5.26 Å². The van der Waals surface area contributed by atoms with E-state index in [2.05, 4.69) is 23.1 Å². The molecule has 0 saturated heterocycles. The van der Waals surface area contributed by atoms with Crippen molar-refractivity contribution in [3.63, 3.8) is 0 Å².